The third-order valence-electron chi connectivity index (χ3n) is 7.21. The Morgan fingerprint density at radius 3 is 2.14 bits per heavy atom. The molecule has 1 saturated heterocycles. The zero-order valence-electron chi connectivity index (χ0n) is 20.8. The van der Waals surface area contributed by atoms with Crippen LogP contribution in [0.25, 0.3) is 11.1 Å². The van der Waals surface area contributed by atoms with Crippen molar-refractivity contribution < 1.29 is 14.3 Å². The molecule has 36 heavy (non-hydrogen) atoms. The van der Waals surface area contributed by atoms with Gasteiger partial charge in [-0.05, 0) is 61.3 Å². The van der Waals surface area contributed by atoms with E-state index >= 15 is 0 Å². The number of likely N-dealkylation sites (N-methyl/N-ethyl adjacent to an activating group) is 1. The van der Waals surface area contributed by atoms with Crippen LogP contribution in [0.1, 0.15) is 23.2 Å². The number of nitrogens with one attached hydrogen (secondary N) is 2. The fourth-order valence-electron chi connectivity index (χ4n) is 4.81. The Labute approximate surface area is 212 Å². The van der Waals surface area contributed by atoms with Gasteiger partial charge in [-0.2, -0.15) is 0 Å². The van der Waals surface area contributed by atoms with Crippen LogP contribution in [0.3, 0.4) is 0 Å². The molecular weight excluding hydrogens is 452 g/mol. The lowest BCUT2D eigenvalue weighted by atomic mass is 10.1. The van der Waals surface area contributed by atoms with Crippen LogP contribution >= 0.6 is 0 Å². The summed E-state index contributed by atoms with van der Waals surface area (Å²) in [5.74, 6) is 0.251. The smallest absolute Gasteiger partial charge is 0.255 e. The van der Waals surface area contributed by atoms with Crippen LogP contribution in [0.2, 0.25) is 0 Å². The highest BCUT2D eigenvalue weighted by atomic mass is 16.5. The highest BCUT2D eigenvalue weighted by Gasteiger charge is 2.54. The molecule has 186 valence electrons. The number of carbonyl (C=O) groups is 2. The second kappa shape index (κ2) is 10.1. The Bertz CT molecular complexity index is 1230. The van der Waals surface area contributed by atoms with Crippen molar-refractivity contribution in [2.45, 2.75) is 18.4 Å². The molecule has 1 heterocycles. The summed E-state index contributed by atoms with van der Waals surface area (Å²) in [5, 5.41) is 6.01. The van der Waals surface area contributed by atoms with Gasteiger partial charge in [-0.3, -0.25) is 14.5 Å². The van der Waals surface area contributed by atoms with Gasteiger partial charge in [-0.1, -0.05) is 42.5 Å². The summed E-state index contributed by atoms with van der Waals surface area (Å²) in [6, 6.07) is 22.9. The van der Waals surface area contributed by atoms with Gasteiger partial charge < -0.3 is 20.3 Å². The van der Waals surface area contributed by atoms with Gasteiger partial charge in [0.1, 0.15) is 11.3 Å². The molecule has 3 aromatic rings. The largest absolute Gasteiger partial charge is 0.495 e. The summed E-state index contributed by atoms with van der Waals surface area (Å²) in [5.41, 5.74) is 3.41. The summed E-state index contributed by atoms with van der Waals surface area (Å²) in [4.78, 5) is 30.9. The van der Waals surface area contributed by atoms with E-state index in [1.807, 2.05) is 42.5 Å². The third kappa shape index (κ3) is 4.98. The SMILES string of the molecule is COc1ccc(C(=O)Nc2ccc(-c3ccccc3)cc2)cc1NC(=O)C1(N2CCN(C)CC2)CC1. The first-order valence-corrected chi connectivity index (χ1v) is 12.4. The summed E-state index contributed by atoms with van der Waals surface area (Å²) in [7, 11) is 3.67. The minimum absolute atomic E-state index is 0.0283. The van der Waals surface area contributed by atoms with E-state index in [1.165, 1.54) is 0 Å². The van der Waals surface area contributed by atoms with Gasteiger partial charge in [0.25, 0.3) is 5.91 Å². The van der Waals surface area contributed by atoms with Crippen molar-refractivity contribution in [2.75, 3.05) is 51.0 Å². The third-order valence-corrected chi connectivity index (χ3v) is 7.21. The molecule has 7 heteroatoms. The Hall–Kier alpha value is -3.68. The predicted octanol–water partition coefficient (Wildman–Crippen LogP) is 4.33. The second-order valence-electron chi connectivity index (χ2n) is 9.59. The molecule has 0 atom stereocenters. The molecule has 2 amide bonds. The number of ether oxygens (including phenoxy) is 1. The number of carbonyl (C=O) groups excluding carboxylic acids is 2. The highest BCUT2D eigenvalue weighted by Crippen LogP contribution is 2.43. The van der Waals surface area contributed by atoms with E-state index in [-0.39, 0.29) is 11.8 Å². The number of anilines is 2. The average molecular weight is 485 g/mol. The molecule has 1 aliphatic carbocycles. The van der Waals surface area contributed by atoms with E-state index < -0.39 is 5.54 Å². The number of rotatable bonds is 7. The molecule has 0 radical (unpaired) electrons. The summed E-state index contributed by atoms with van der Waals surface area (Å²) >= 11 is 0. The fourth-order valence-corrected chi connectivity index (χ4v) is 4.81. The minimum Gasteiger partial charge on any atom is -0.495 e. The summed E-state index contributed by atoms with van der Waals surface area (Å²) in [6.07, 6.45) is 1.70. The van der Waals surface area contributed by atoms with Crippen LogP contribution in [-0.4, -0.2) is 67.5 Å². The van der Waals surface area contributed by atoms with Gasteiger partial charge in [0.15, 0.2) is 0 Å². The average Bonchev–Trinajstić information content (AvgIpc) is 3.72. The Morgan fingerprint density at radius 2 is 1.50 bits per heavy atom. The molecule has 1 aliphatic heterocycles. The second-order valence-corrected chi connectivity index (χ2v) is 9.59. The molecule has 7 nitrogen and oxygen atoms in total. The molecule has 2 fully saturated rings. The Morgan fingerprint density at radius 1 is 0.833 bits per heavy atom. The maximum absolute atomic E-state index is 13.3. The predicted molar refractivity (Wildman–Crippen MR) is 142 cm³/mol. The molecule has 3 aromatic carbocycles. The Kier molecular flexibility index (Phi) is 6.76. The van der Waals surface area contributed by atoms with Gasteiger partial charge in [-0.15, -0.1) is 0 Å². The monoisotopic (exact) mass is 484 g/mol. The number of hydrogen-bond acceptors (Lipinski definition) is 5. The molecule has 0 aromatic heterocycles. The molecule has 0 spiro atoms. The van der Waals surface area contributed by atoms with Crippen LogP contribution in [-0.2, 0) is 4.79 Å². The first-order valence-electron chi connectivity index (χ1n) is 12.4. The number of methoxy groups -OCH3 is 1. The van der Waals surface area contributed by atoms with Crippen LogP contribution < -0.4 is 15.4 Å². The number of benzene rings is 3. The topological polar surface area (TPSA) is 73.9 Å². The standard InChI is InChI=1S/C29H32N4O3/c1-32-16-18-33(19-17-32)29(14-15-29)28(35)31-25-20-23(10-13-26(25)36-2)27(34)30-24-11-8-22(9-12-24)21-6-4-3-5-7-21/h3-13,20H,14-19H2,1-2H3,(H,30,34)(H,31,35). The molecule has 2 aliphatic rings. The number of nitrogens with zero attached hydrogens (tertiary/aromatic N) is 2. The number of piperazine rings is 1. The van der Waals surface area contributed by atoms with E-state index in [0.29, 0.717) is 22.7 Å². The van der Waals surface area contributed by atoms with Gasteiger partial charge in [0.05, 0.1) is 12.8 Å². The lowest BCUT2D eigenvalue weighted by molar-refractivity contribution is -0.123. The highest BCUT2D eigenvalue weighted by molar-refractivity contribution is 6.07. The van der Waals surface area contributed by atoms with Crippen LogP contribution in [0, 0.1) is 0 Å². The first-order chi connectivity index (χ1) is 17.5. The first kappa shape index (κ1) is 24.0. The normalized spacial score (nSPS) is 17.3. The van der Waals surface area contributed by atoms with Crippen LogP contribution in [0.5, 0.6) is 5.75 Å². The van der Waals surface area contributed by atoms with Crippen molar-refractivity contribution in [1.29, 1.82) is 0 Å². The Balaban J connectivity index is 1.28. The van der Waals surface area contributed by atoms with Crippen molar-refractivity contribution in [3.05, 3.63) is 78.4 Å². The number of hydrogen-bond donors (Lipinski definition) is 2. The number of amides is 2. The van der Waals surface area contributed by atoms with E-state index in [1.54, 1.807) is 25.3 Å². The minimum atomic E-state index is -0.453. The van der Waals surface area contributed by atoms with E-state index in [9.17, 15) is 9.59 Å². The lowest BCUT2D eigenvalue weighted by Crippen LogP contribution is -2.54. The van der Waals surface area contributed by atoms with Crippen molar-refractivity contribution in [3.8, 4) is 16.9 Å². The maximum Gasteiger partial charge on any atom is 0.255 e. The fraction of sp³-hybridized carbons (Fsp3) is 0.310. The van der Waals surface area contributed by atoms with E-state index in [2.05, 4.69) is 39.6 Å². The van der Waals surface area contributed by atoms with E-state index in [4.69, 9.17) is 4.74 Å². The summed E-state index contributed by atoms with van der Waals surface area (Å²) < 4.78 is 5.48. The molecule has 0 bridgehead atoms. The molecular formula is C29H32N4O3. The van der Waals surface area contributed by atoms with E-state index in [0.717, 1.165) is 50.1 Å². The lowest BCUT2D eigenvalue weighted by Gasteiger charge is -2.37. The quantitative estimate of drug-likeness (QED) is 0.522. The van der Waals surface area contributed by atoms with Crippen molar-refractivity contribution in [2.24, 2.45) is 0 Å². The zero-order valence-corrected chi connectivity index (χ0v) is 20.8. The van der Waals surface area contributed by atoms with Gasteiger partial charge >= 0.3 is 0 Å². The van der Waals surface area contributed by atoms with Crippen molar-refractivity contribution in [3.63, 3.8) is 0 Å². The van der Waals surface area contributed by atoms with Crippen LogP contribution in [0.15, 0.2) is 72.8 Å². The van der Waals surface area contributed by atoms with Crippen molar-refractivity contribution in [1.82, 2.24) is 9.80 Å². The molecule has 1 saturated carbocycles. The molecule has 2 N–H and O–H groups in total. The zero-order chi connectivity index (χ0) is 25.1. The molecule has 5 rings (SSSR count). The van der Waals surface area contributed by atoms with Gasteiger partial charge in [-0.25, -0.2) is 0 Å². The molecule has 0 unspecified atom stereocenters. The maximum atomic E-state index is 13.3. The summed E-state index contributed by atoms with van der Waals surface area (Å²) in [6.45, 7) is 3.68. The van der Waals surface area contributed by atoms with Crippen LogP contribution in [0.4, 0.5) is 11.4 Å². The van der Waals surface area contributed by atoms with Crippen molar-refractivity contribution >= 4 is 23.2 Å². The van der Waals surface area contributed by atoms with Gasteiger partial charge in [0.2, 0.25) is 5.91 Å². The van der Waals surface area contributed by atoms with Gasteiger partial charge in [0, 0.05) is 37.4 Å².